The number of nitrogens with one attached hydrogen (secondary N) is 1. The van der Waals surface area contributed by atoms with Gasteiger partial charge >= 0.3 is 5.97 Å². The highest BCUT2D eigenvalue weighted by atomic mass is 32.2. The Labute approximate surface area is 235 Å². The molecule has 0 heterocycles. The zero-order chi connectivity index (χ0) is 30.4. The van der Waals surface area contributed by atoms with E-state index in [4.69, 9.17) is 9.47 Å². The fourth-order valence-corrected chi connectivity index (χ4v) is 6.04. The zero-order valence-electron chi connectivity index (χ0n) is 25.8. The van der Waals surface area contributed by atoms with Gasteiger partial charge in [-0.25, -0.2) is 8.42 Å². The van der Waals surface area contributed by atoms with Crippen LogP contribution in [-0.4, -0.2) is 39.7 Å². The molecule has 0 bridgehead atoms. The Morgan fingerprint density at radius 2 is 1.64 bits per heavy atom. The lowest BCUT2D eigenvalue weighted by atomic mass is 9.70. The molecule has 0 fully saturated rings. The third-order valence-corrected chi connectivity index (χ3v) is 9.60. The van der Waals surface area contributed by atoms with E-state index < -0.39 is 27.6 Å². The van der Waals surface area contributed by atoms with Gasteiger partial charge in [-0.2, -0.15) is 9.63 Å². The number of hydrogen-bond donors (Lipinski definition) is 1. The molecule has 1 aromatic rings. The summed E-state index contributed by atoms with van der Waals surface area (Å²) in [6, 6.07) is 5.60. The van der Waals surface area contributed by atoms with Gasteiger partial charge in [-0.3, -0.25) is 4.79 Å². The summed E-state index contributed by atoms with van der Waals surface area (Å²) < 4.78 is 39.3. The third kappa shape index (κ3) is 8.24. The van der Waals surface area contributed by atoms with Gasteiger partial charge in [-0.05, 0) is 82.6 Å². The van der Waals surface area contributed by atoms with E-state index in [1.165, 1.54) is 27.9 Å². The number of allylic oxidation sites excluding steroid dienone is 4. The molecule has 0 aromatic heterocycles. The molecule has 1 N–H and O–H groups in total. The van der Waals surface area contributed by atoms with Crippen LogP contribution in [0.3, 0.4) is 0 Å². The average Bonchev–Trinajstić information content (AvgIpc) is 2.83. The Morgan fingerprint density at radius 1 is 1.08 bits per heavy atom. The summed E-state index contributed by atoms with van der Waals surface area (Å²) in [5, 5.41) is 3.24. The van der Waals surface area contributed by atoms with E-state index in [2.05, 4.69) is 29.8 Å². The number of sulfonamides is 1. The molecule has 1 aromatic carbocycles. The summed E-state index contributed by atoms with van der Waals surface area (Å²) in [4.78, 5) is 23.5. The predicted octanol–water partition coefficient (Wildman–Crippen LogP) is 6.72. The van der Waals surface area contributed by atoms with Gasteiger partial charge in [-0.15, -0.1) is 0 Å². The van der Waals surface area contributed by atoms with Crippen LogP contribution in [-0.2, 0) is 25.0 Å². The number of carbonyl (C=O) groups is 1. The maximum absolute atomic E-state index is 13.1. The molecular weight excluding hydrogens is 516 g/mol. The molecule has 9 heteroatoms. The number of carbonyl (C=O) groups excluding carboxylic acids is 1. The van der Waals surface area contributed by atoms with Gasteiger partial charge in [0.1, 0.15) is 23.9 Å². The van der Waals surface area contributed by atoms with E-state index >= 15 is 0 Å². The van der Waals surface area contributed by atoms with Crippen LogP contribution in [0.5, 0.6) is 5.75 Å². The second-order valence-corrected chi connectivity index (χ2v) is 13.7. The molecule has 0 saturated heterocycles. The molecular formula is C30H48N2O6S. The van der Waals surface area contributed by atoms with Crippen LogP contribution in [0.25, 0.3) is 0 Å². The fraction of sp³-hybridized carbons (Fsp3) is 0.633. The van der Waals surface area contributed by atoms with Crippen LogP contribution in [0, 0.1) is 17.2 Å². The van der Waals surface area contributed by atoms with E-state index in [0.717, 1.165) is 29.5 Å². The van der Waals surface area contributed by atoms with E-state index in [1.54, 1.807) is 6.92 Å². The fourth-order valence-electron chi connectivity index (χ4n) is 4.65. The number of benzene rings is 1. The van der Waals surface area contributed by atoms with Gasteiger partial charge in [0.25, 0.3) is 0 Å². The van der Waals surface area contributed by atoms with Gasteiger partial charge in [0.15, 0.2) is 0 Å². The van der Waals surface area contributed by atoms with Crippen LogP contribution in [0.2, 0.25) is 0 Å². The normalized spacial score (nSPS) is 14.9. The molecule has 0 aliphatic carbocycles. The summed E-state index contributed by atoms with van der Waals surface area (Å²) >= 11 is 0. The van der Waals surface area contributed by atoms with E-state index in [-0.39, 0.29) is 22.3 Å². The molecule has 220 valence electrons. The minimum Gasteiger partial charge on any atom is -0.491 e. The first-order valence-corrected chi connectivity index (χ1v) is 14.9. The van der Waals surface area contributed by atoms with Crippen molar-refractivity contribution in [2.45, 2.75) is 106 Å². The maximum atomic E-state index is 13.1. The predicted molar refractivity (Wildman–Crippen MR) is 158 cm³/mol. The van der Waals surface area contributed by atoms with Crippen molar-refractivity contribution in [3.63, 3.8) is 0 Å². The molecule has 39 heavy (non-hydrogen) atoms. The van der Waals surface area contributed by atoms with Crippen molar-refractivity contribution in [2.75, 3.05) is 13.7 Å². The number of rotatable bonds is 13. The number of methoxy groups -OCH3 is 1. The van der Waals surface area contributed by atoms with Crippen molar-refractivity contribution in [2.24, 2.45) is 10.6 Å². The number of nitrogens with zero attached hydrogens (tertiary/aromatic N) is 1. The van der Waals surface area contributed by atoms with E-state index in [9.17, 15) is 18.1 Å². The topological polar surface area (TPSA) is 111 Å². The first-order valence-electron chi connectivity index (χ1n) is 13.4. The maximum Gasteiger partial charge on any atom is 0.326 e. The molecule has 1 unspecified atom stereocenters. The quantitative estimate of drug-likeness (QED) is 0.162. The van der Waals surface area contributed by atoms with Crippen LogP contribution >= 0.6 is 0 Å². The molecule has 8 nitrogen and oxygen atoms in total. The first kappa shape index (κ1) is 34.5. The van der Waals surface area contributed by atoms with Crippen molar-refractivity contribution in [3.8, 4) is 5.75 Å². The number of nitroso groups, excluding NO2 is 1. The molecule has 0 aliphatic rings. The minimum atomic E-state index is -3.94. The van der Waals surface area contributed by atoms with Gasteiger partial charge in [0.2, 0.25) is 10.0 Å². The summed E-state index contributed by atoms with van der Waals surface area (Å²) in [7, 11) is -2.72. The van der Waals surface area contributed by atoms with Crippen LogP contribution < -0.4 is 9.46 Å². The van der Waals surface area contributed by atoms with Crippen molar-refractivity contribution >= 4 is 16.0 Å². The van der Waals surface area contributed by atoms with Crippen LogP contribution in [0.4, 0.5) is 0 Å². The standard InChI is InChI=1S/C30H48N2O6S/c1-13-30(14-2,24-15-16-25(21(4)18-24)38-19-26(31-34)28(7,8)9)22(5)17-20(3)23(6)39(35,36)32-29(10,11)27(33)37-12/h15-18,26,32H,13-14,19H2,1-12H3/b22-17+,23-20+. The lowest BCUT2D eigenvalue weighted by Gasteiger charge is -2.35. The Hall–Kier alpha value is -2.52. The average molecular weight is 565 g/mol. The van der Waals surface area contributed by atoms with Gasteiger partial charge in [0, 0.05) is 5.41 Å². The number of hydrogen-bond acceptors (Lipinski definition) is 7. The van der Waals surface area contributed by atoms with E-state index in [0.29, 0.717) is 11.3 Å². The van der Waals surface area contributed by atoms with Crippen LogP contribution in [0.15, 0.2) is 45.5 Å². The van der Waals surface area contributed by atoms with Crippen molar-refractivity contribution in [1.82, 2.24) is 4.72 Å². The Bertz CT molecular complexity index is 1200. The second kappa shape index (κ2) is 13.2. The smallest absolute Gasteiger partial charge is 0.326 e. The minimum absolute atomic E-state index is 0.136. The molecule has 0 amide bonds. The summed E-state index contributed by atoms with van der Waals surface area (Å²) in [5.41, 5.74) is 1.64. The Balaban J connectivity index is 3.42. The van der Waals surface area contributed by atoms with Crippen molar-refractivity contribution in [3.05, 3.63) is 56.4 Å². The first-order chi connectivity index (χ1) is 17.8. The van der Waals surface area contributed by atoms with Crippen molar-refractivity contribution < 1.29 is 22.7 Å². The van der Waals surface area contributed by atoms with Gasteiger partial charge < -0.3 is 9.47 Å². The highest BCUT2D eigenvalue weighted by Crippen LogP contribution is 2.41. The SMILES string of the molecule is CCC(CC)(/C(C)=C/C(C)=C(\C)S(=O)(=O)NC(C)(C)C(=O)OC)c1ccc(OCC(N=O)C(C)(C)C)c(C)c1. The summed E-state index contributed by atoms with van der Waals surface area (Å²) in [6.45, 7) is 20.5. The lowest BCUT2D eigenvalue weighted by molar-refractivity contribution is -0.146. The molecule has 1 rings (SSSR count). The third-order valence-electron chi connectivity index (χ3n) is 7.69. The van der Waals surface area contributed by atoms with Crippen LogP contribution in [0.1, 0.15) is 93.2 Å². The molecule has 0 spiro atoms. The number of ether oxygens (including phenoxy) is 2. The highest BCUT2D eigenvalue weighted by Gasteiger charge is 2.35. The van der Waals surface area contributed by atoms with E-state index in [1.807, 2.05) is 52.8 Å². The van der Waals surface area contributed by atoms with Crippen molar-refractivity contribution in [1.29, 1.82) is 0 Å². The van der Waals surface area contributed by atoms with Gasteiger partial charge in [0.05, 0.1) is 12.0 Å². The number of aryl methyl sites for hydroxylation is 1. The van der Waals surface area contributed by atoms with Gasteiger partial charge in [-0.1, -0.05) is 63.6 Å². The molecule has 0 saturated carbocycles. The monoisotopic (exact) mass is 564 g/mol. The highest BCUT2D eigenvalue weighted by molar-refractivity contribution is 7.93. The second-order valence-electron chi connectivity index (χ2n) is 11.9. The molecule has 1 atom stereocenters. The zero-order valence-corrected chi connectivity index (χ0v) is 26.6. The molecule has 0 aliphatic heterocycles. The summed E-state index contributed by atoms with van der Waals surface area (Å²) in [5.74, 6) is 0.0371. The lowest BCUT2D eigenvalue weighted by Crippen LogP contribution is -2.50. The largest absolute Gasteiger partial charge is 0.491 e. The number of esters is 1. The Kier molecular flexibility index (Phi) is 11.7. The molecule has 0 radical (unpaired) electrons. The Morgan fingerprint density at radius 3 is 2.08 bits per heavy atom. The summed E-state index contributed by atoms with van der Waals surface area (Å²) in [6.07, 6.45) is 3.52.